The lowest BCUT2D eigenvalue weighted by Crippen LogP contribution is -2.27. The van der Waals surface area contributed by atoms with Gasteiger partial charge in [0.1, 0.15) is 11.4 Å². The van der Waals surface area contributed by atoms with Gasteiger partial charge in [-0.25, -0.2) is 9.97 Å². The molecule has 1 N–H and O–H groups in total. The molecule has 0 amide bonds. The van der Waals surface area contributed by atoms with E-state index in [0.717, 1.165) is 17.8 Å². The van der Waals surface area contributed by atoms with E-state index in [1.165, 1.54) is 7.11 Å². The summed E-state index contributed by atoms with van der Waals surface area (Å²) >= 11 is 0. The van der Waals surface area contributed by atoms with Crippen molar-refractivity contribution in [3.63, 3.8) is 0 Å². The molecule has 0 radical (unpaired) electrons. The molecule has 24 heavy (non-hydrogen) atoms. The Bertz CT molecular complexity index is 724. The van der Waals surface area contributed by atoms with Crippen LogP contribution in [0.4, 0.5) is 19.1 Å². The largest absolute Gasteiger partial charge is 0.497 e. The van der Waals surface area contributed by atoms with Gasteiger partial charge in [-0.1, -0.05) is 12.1 Å². The molecule has 1 aliphatic rings. The third-order valence-corrected chi connectivity index (χ3v) is 3.95. The molecule has 128 valence electrons. The second-order valence-corrected chi connectivity index (χ2v) is 5.57. The summed E-state index contributed by atoms with van der Waals surface area (Å²) in [6.45, 7) is 0.170. The maximum absolute atomic E-state index is 12.9. The van der Waals surface area contributed by atoms with Crippen molar-refractivity contribution < 1.29 is 23.0 Å². The molecule has 0 spiro atoms. The van der Waals surface area contributed by atoms with E-state index in [4.69, 9.17) is 4.74 Å². The number of aromatic nitrogens is 2. The van der Waals surface area contributed by atoms with E-state index in [1.807, 2.05) is 6.07 Å². The van der Waals surface area contributed by atoms with Crippen LogP contribution in [0.2, 0.25) is 0 Å². The smallest absolute Gasteiger partial charge is 0.433 e. The van der Waals surface area contributed by atoms with Gasteiger partial charge in [0.05, 0.1) is 19.3 Å². The maximum Gasteiger partial charge on any atom is 0.433 e. The number of ether oxygens (including phenoxy) is 1. The third-order valence-electron chi connectivity index (χ3n) is 3.95. The molecule has 0 bridgehead atoms. The van der Waals surface area contributed by atoms with E-state index in [9.17, 15) is 18.3 Å². The lowest BCUT2D eigenvalue weighted by Gasteiger charge is -2.25. The molecule has 2 atom stereocenters. The highest BCUT2D eigenvalue weighted by Gasteiger charge is 2.37. The Morgan fingerprint density at radius 3 is 2.79 bits per heavy atom. The Labute approximate surface area is 136 Å². The van der Waals surface area contributed by atoms with E-state index in [0.29, 0.717) is 12.2 Å². The summed E-state index contributed by atoms with van der Waals surface area (Å²) in [4.78, 5) is 9.18. The highest BCUT2D eigenvalue weighted by Crippen LogP contribution is 2.37. The number of β-amino-alcohol motifs (C(OH)–C–C–N with tert-alkyl or cyclic N) is 1. The molecule has 0 unspecified atom stereocenters. The van der Waals surface area contributed by atoms with Crippen LogP contribution in [0, 0.1) is 0 Å². The lowest BCUT2D eigenvalue weighted by atomic mass is 10.0. The average molecular weight is 339 g/mol. The zero-order valence-corrected chi connectivity index (χ0v) is 12.9. The first kappa shape index (κ1) is 16.5. The summed E-state index contributed by atoms with van der Waals surface area (Å²) in [5, 5.41) is 10.00. The first-order valence-corrected chi connectivity index (χ1v) is 7.37. The maximum atomic E-state index is 12.9. The zero-order chi connectivity index (χ0) is 17.3. The van der Waals surface area contributed by atoms with Gasteiger partial charge in [-0.05, 0) is 30.2 Å². The number of hydrogen-bond acceptors (Lipinski definition) is 5. The summed E-state index contributed by atoms with van der Waals surface area (Å²) in [7, 11) is 1.54. The highest BCUT2D eigenvalue weighted by atomic mass is 19.4. The third kappa shape index (κ3) is 3.28. The number of alkyl halides is 3. The van der Waals surface area contributed by atoms with Gasteiger partial charge in [-0.15, -0.1) is 0 Å². The first-order chi connectivity index (χ1) is 11.4. The average Bonchev–Trinajstić information content (AvgIpc) is 2.96. The topological polar surface area (TPSA) is 58.5 Å². The van der Waals surface area contributed by atoms with Crippen molar-refractivity contribution in [1.82, 2.24) is 9.97 Å². The fraction of sp³-hybridized carbons (Fsp3) is 0.375. The molecule has 2 heterocycles. The highest BCUT2D eigenvalue weighted by molar-refractivity contribution is 5.42. The molecule has 1 aromatic heterocycles. The van der Waals surface area contributed by atoms with Crippen LogP contribution in [0.15, 0.2) is 36.5 Å². The number of benzene rings is 1. The van der Waals surface area contributed by atoms with Gasteiger partial charge < -0.3 is 14.7 Å². The Hall–Kier alpha value is -2.35. The number of nitrogens with zero attached hydrogens (tertiary/aromatic N) is 3. The van der Waals surface area contributed by atoms with Gasteiger partial charge in [-0.2, -0.15) is 13.2 Å². The van der Waals surface area contributed by atoms with Crippen molar-refractivity contribution in [3.8, 4) is 5.75 Å². The number of anilines is 1. The summed E-state index contributed by atoms with van der Waals surface area (Å²) in [6.07, 6.45) is -3.74. The summed E-state index contributed by atoms with van der Waals surface area (Å²) in [6, 6.07) is 7.72. The molecular formula is C16H16F3N3O2. The summed E-state index contributed by atoms with van der Waals surface area (Å²) in [5.74, 6) is 0.591. The lowest BCUT2D eigenvalue weighted by molar-refractivity contribution is -0.141. The SMILES string of the molecule is COc1cccc([C@@H]2C[C@H](O)CN2c2nccc(C(F)(F)F)n2)c1. The minimum atomic E-state index is -4.54. The van der Waals surface area contributed by atoms with Crippen molar-refractivity contribution in [2.75, 3.05) is 18.6 Å². The molecule has 1 aromatic carbocycles. The number of aliphatic hydroxyl groups excluding tert-OH is 1. The second kappa shape index (κ2) is 6.27. The standard InChI is InChI=1S/C16H16F3N3O2/c1-24-12-4-2-3-10(7-12)13-8-11(23)9-22(13)15-20-6-5-14(21-15)16(17,18)19/h2-7,11,13,23H,8-9H2,1H3/t11-,13-/m0/s1. The van der Waals surface area contributed by atoms with Crippen molar-refractivity contribution in [1.29, 1.82) is 0 Å². The van der Waals surface area contributed by atoms with Gasteiger partial charge in [0, 0.05) is 12.7 Å². The predicted molar refractivity (Wildman–Crippen MR) is 80.7 cm³/mol. The molecule has 0 saturated carbocycles. The fourth-order valence-corrected chi connectivity index (χ4v) is 2.84. The van der Waals surface area contributed by atoms with Crippen LogP contribution in [-0.4, -0.2) is 34.8 Å². The van der Waals surface area contributed by atoms with Crippen molar-refractivity contribution in [2.45, 2.75) is 24.7 Å². The second-order valence-electron chi connectivity index (χ2n) is 5.57. The van der Waals surface area contributed by atoms with Crippen LogP contribution < -0.4 is 9.64 Å². The monoisotopic (exact) mass is 339 g/mol. The Balaban J connectivity index is 1.96. The van der Waals surface area contributed by atoms with Gasteiger partial charge in [0.15, 0.2) is 0 Å². The predicted octanol–water partition coefficient (Wildman–Crippen LogP) is 2.82. The van der Waals surface area contributed by atoms with Crippen LogP contribution in [-0.2, 0) is 6.18 Å². The van der Waals surface area contributed by atoms with E-state index in [1.54, 1.807) is 23.1 Å². The number of aliphatic hydroxyl groups is 1. The van der Waals surface area contributed by atoms with E-state index in [-0.39, 0.29) is 18.5 Å². The molecule has 3 rings (SSSR count). The van der Waals surface area contributed by atoms with E-state index >= 15 is 0 Å². The van der Waals surface area contributed by atoms with Crippen LogP contribution in [0.3, 0.4) is 0 Å². The Morgan fingerprint density at radius 1 is 1.29 bits per heavy atom. The van der Waals surface area contributed by atoms with Crippen LogP contribution in [0.25, 0.3) is 0 Å². The van der Waals surface area contributed by atoms with Crippen LogP contribution in [0.5, 0.6) is 5.75 Å². The van der Waals surface area contributed by atoms with Crippen LogP contribution in [0.1, 0.15) is 23.7 Å². The van der Waals surface area contributed by atoms with Gasteiger partial charge in [-0.3, -0.25) is 0 Å². The van der Waals surface area contributed by atoms with Gasteiger partial charge in [0.25, 0.3) is 0 Å². The van der Waals surface area contributed by atoms with Gasteiger partial charge >= 0.3 is 6.18 Å². The van der Waals surface area contributed by atoms with E-state index < -0.39 is 18.0 Å². The molecule has 0 aliphatic carbocycles. The Morgan fingerprint density at radius 2 is 2.08 bits per heavy atom. The molecule has 5 nitrogen and oxygen atoms in total. The number of rotatable bonds is 3. The zero-order valence-electron chi connectivity index (χ0n) is 12.9. The number of halogens is 3. The molecule has 1 saturated heterocycles. The molecular weight excluding hydrogens is 323 g/mol. The number of hydrogen-bond donors (Lipinski definition) is 1. The fourth-order valence-electron chi connectivity index (χ4n) is 2.84. The van der Waals surface area contributed by atoms with E-state index in [2.05, 4.69) is 9.97 Å². The van der Waals surface area contributed by atoms with Gasteiger partial charge in [0.2, 0.25) is 5.95 Å². The van der Waals surface area contributed by atoms with Crippen molar-refractivity contribution >= 4 is 5.95 Å². The van der Waals surface area contributed by atoms with Crippen molar-refractivity contribution in [3.05, 3.63) is 47.8 Å². The molecule has 8 heteroatoms. The van der Waals surface area contributed by atoms with Crippen molar-refractivity contribution in [2.24, 2.45) is 0 Å². The molecule has 1 aliphatic heterocycles. The summed E-state index contributed by atoms with van der Waals surface area (Å²) in [5.41, 5.74) is -0.176. The Kier molecular flexibility index (Phi) is 4.31. The minimum Gasteiger partial charge on any atom is -0.497 e. The quantitative estimate of drug-likeness (QED) is 0.932. The van der Waals surface area contributed by atoms with Crippen LogP contribution >= 0.6 is 0 Å². The molecule has 1 fully saturated rings. The normalized spacial score (nSPS) is 21.1. The number of methoxy groups -OCH3 is 1. The summed E-state index contributed by atoms with van der Waals surface area (Å²) < 4.78 is 43.8. The molecule has 2 aromatic rings. The minimum absolute atomic E-state index is 0.0470. The first-order valence-electron chi connectivity index (χ1n) is 7.37.